The number of likely N-dealkylation sites (tertiary alicyclic amines) is 1. The molecule has 1 N–H and O–H groups in total. The molecule has 1 aliphatic rings. The van der Waals surface area contributed by atoms with Gasteiger partial charge < -0.3 is 19.7 Å². The van der Waals surface area contributed by atoms with Gasteiger partial charge in [0.25, 0.3) is 0 Å². The maximum atomic E-state index is 12.2. The van der Waals surface area contributed by atoms with E-state index >= 15 is 0 Å². The summed E-state index contributed by atoms with van der Waals surface area (Å²) in [4.78, 5) is 26.0. The van der Waals surface area contributed by atoms with Crippen molar-refractivity contribution in [2.45, 2.75) is 19.8 Å². The zero-order valence-electron chi connectivity index (χ0n) is 13.2. The first-order valence-corrected chi connectivity index (χ1v) is 7.37. The number of rotatable bonds is 3. The fourth-order valence-corrected chi connectivity index (χ4v) is 2.44. The van der Waals surface area contributed by atoms with Crippen molar-refractivity contribution < 1.29 is 19.1 Å². The van der Waals surface area contributed by atoms with Crippen molar-refractivity contribution in [2.24, 2.45) is 5.92 Å². The van der Waals surface area contributed by atoms with E-state index in [2.05, 4.69) is 12.2 Å². The summed E-state index contributed by atoms with van der Waals surface area (Å²) in [7, 11) is 3.04. The van der Waals surface area contributed by atoms with Crippen LogP contribution in [-0.4, -0.2) is 44.0 Å². The fraction of sp³-hybridized carbons (Fsp3) is 0.500. The van der Waals surface area contributed by atoms with Gasteiger partial charge in [-0.2, -0.15) is 0 Å². The van der Waals surface area contributed by atoms with Gasteiger partial charge in [-0.15, -0.1) is 0 Å². The van der Waals surface area contributed by atoms with Gasteiger partial charge in [-0.25, -0.2) is 0 Å². The largest absolute Gasteiger partial charge is 0.497 e. The fourth-order valence-electron chi connectivity index (χ4n) is 2.44. The Bertz CT molecular complexity index is 551. The maximum Gasteiger partial charge on any atom is 0.314 e. The quantitative estimate of drug-likeness (QED) is 0.866. The number of benzene rings is 1. The highest BCUT2D eigenvalue weighted by Crippen LogP contribution is 2.29. The molecule has 1 saturated heterocycles. The zero-order chi connectivity index (χ0) is 16.1. The van der Waals surface area contributed by atoms with E-state index in [9.17, 15) is 9.59 Å². The van der Waals surface area contributed by atoms with Crippen molar-refractivity contribution in [2.75, 3.05) is 32.6 Å². The first-order chi connectivity index (χ1) is 10.5. The Balaban J connectivity index is 2.06. The number of nitrogens with zero attached hydrogens (tertiary/aromatic N) is 1. The van der Waals surface area contributed by atoms with Gasteiger partial charge in [0, 0.05) is 19.2 Å². The molecule has 0 bridgehead atoms. The third-order valence-electron chi connectivity index (χ3n) is 3.92. The number of ether oxygens (including phenoxy) is 2. The van der Waals surface area contributed by atoms with Crippen molar-refractivity contribution >= 4 is 17.5 Å². The minimum absolute atomic E-state index is 0.422. The molecule has 1 aromatic carbocycles. The number of piperidine rings is 1. The molecular weight excluding hydrogens is 284 g/mol. The number of amides is 2. The predicted molar refractivity (Wildman–Crippen MR) is 83.2 cm³/mol. The van der Waals surface area contributed by atoms with Gasteiger partial charge in [0.05, 0.1) is 19.9 Å². The first-order valence-electron chi connectivity index (χ1n) is 7.37. The van der Waals surface area contributed by atoms with E-state index in [0.29, 0.717) is 36.2 Å². The summed E-state index contributed by atoms with van der Waals surface area (Å²) in [6, 6.07) is 5.03. The highest BCUT2D eigenvalue weighted by molar-refractivity contribution is 6.39. The molecule has 0 aliphatic carbocycles. The van der Waals surface area contributed by atoms with Crippen molar-refractivity contribution in [1.29, 1.82) is 0 Å². The molecule has 1 aliphatic heterocycles. The second-order valence-electron chi connectivity index (χ2n) is 5.50. The molecule has 0 unspecified atom stereocenters. The smallest absolute Gasteiger partial charge is 0.314 e. The topological polar surface area (TPSA) is 67.9 Å². The second kappa shape index (κ2) is 7.15. The van der Waals surface area contributed by atoms with E-state index in [1.54, 1.807) is 23.1 Å². The molecule has 0 saturated carbocycles. The van der Waals surface area contributed by atoms with E-state index in [1.807, 2.05) is 0 Å². The zero-order valence-corrected chi connectivity index (χ0v) is 13.2. The van der Waals surface area contributed by atoms with E-state index in [4.69, 9.17) is 9.47 Å². The van der Waals surface area contributed by atoms with Gasteiger partial charge in [-0.05, 0) is 30.9 Å². The lowest BCUT2D eigenvalue weighted by Crippen LogP contribution is -2.43. The van der Waals surface area contributed by atoms with Crippen molar-refractivity contribution in [3.8, 4) is 11.5 Å². The number of hydrogen-bond acceptors (Lipinski definition) is 4. The Kier molecular flexibility index (Phi) is 5.25. The predicted octanol–water partition coefficient (Wildman–Crippen LogP) is 1.90. The van der Waals surface area contributed by atoms with Crippen LogP contribution in [0.25, 0.3) is 0 Å². The normalized spacial score (nSPS) is 15.3. The lowest BCUT2D eigenvalue weighted by Gasteiger charge is -2.29. The average molecular weight is 306 g/mol. The number of anilines is 1. The number of methoxy groups -OCH3 is 2. The van der Waals surface area contributed by atoms with Crippen LogP contribution in [0.1, 0.15) is 19.8 Å². The Hall–Kier alpha value is -2.24. The van der Waals surface area contributed by atoms with Gasteiger partial charge in [0.15, 0.2) is 0 Å². The van der Waals surface area contributed by atoms with Crippen molar-refractivity contribution in [3.63, 3.8) is 0 Å². The Morgan fingerprint density at radius 3 is 2.45 bits per heavy atom. The number of carbonyl (C=O) groups is 2. The van der Waals surface area contributed by atoms with Crippen molar-refractivity contribution in [1.82, 2.24) is 4.90 Å². The van der Waals surface area contributed by atoms with Gasteiger partial charge in [-0.1, -0.05) is 6.92 Å². The molecule has 22 heavy (non-hydrogen) atoms. The average Bonchev–Trinajstić information content (AvgIpc) is 2.54. The molecular formula is C16H22N2O4. The molecule has 1 fully saturated rings. The molecule has 1 heterocycles. The van der Waals surface area contributed by atoms with Gasteiger partial charge in [0.1, 0.15) is 11.5 Å². The lowest BCUT2D eigenvalue weighted by atomic mass is 9.99. The first kappa shape index (κ1) is 16.1. The Labute approximate surface area is 130 Å². The summed E-state index contributed by atoms with van der Waals surface area (Å²) in [6.07, 6.45) is 1.86. The Morgan fingerprint density at radius 2 is 1.86 bits per heavy atom. The molecule has 0 atom stereocenters. The Morgan fingerprint density at radius 1 is 1.18 bits per heavy atom. The molecule has 0 spiro atoms. The monoisotopic (exact) mass is 306 g/mol. The van der Waals surface area contributed by atoms with Crippen LogP contribution in [0.5, 0.6) is 11.5 Å². The summed E-state index contributed by atoms with van der Waals surface area (Å²) in [5.74, 6) is 0.507. The lowest BCUT2D eigenvalue weighted by molar-refractivity contribution is -0.144. The number of nitrogens with one attached hydrogen (secondary N) is 1. The van der Waals surface area contributed by atoms with E-state index < -0.39 is 11.8 Å². The summed E-state index contributed by atoms with van der Waals surface area (Å²) in [5, 5.41) is 2.61. The molecule has 6 nitrogen and oxygen atoms in total. The van der Waals surface area contributed by atoms with E-state index in [0.717, 1.165) is 12.8 Å². The second-order valence-corrected chi connectivity index (χ2v) is 5.50. The number of hydrogen-bond donors (Lipinski definition) is 1. The van der Waals surface area contributed by atoms with Crippen LogP contribution in [0.3, 0.4) is 0 Å². The van der Waals surface area contributed by atoms with E-state index in [1.165, 1.54) is 14.2 Å². The van der Waals surface area contributed by atoms with Crippen LogP contribution < -0.4 is 14.8 Å². The van der Waals surface area contributed by atoms with Gasteiger partial charge in [0.2, 0.25) is 0 Å². The van der Waals surface area contributed by atoms with Crippen LogP contribution in [0.4, 0.5) is 5.69 Å². The molecule has 2 rings (SSSR count). The molecule has 120 valence electrons. The van der Waals surface area contributed by atoms with Crippen LogP contribution in [0, 0.1) is 5.92 Å². The SMILES string of the molecule is COc1ccc(OC)c(NC(=O)C(=O)N2CCC(C)CC2)c1. The van der Waals surface area contributed by atoms with Gasteiger partial charge >= 0.3 is 11.8 Å². The third-order valence-corrected chi connectivity index (χ3v) is 3.92. The summed E-state index contributed by atoms with van der Waals surface area (Å²) < 4.78 is 10.3. The van der Waals surface area contributed by atoms with Crippen LogP contribution in [-0.2, 0) is 9.59 Å². The summed E-state index contributed by atoms with van der Waals surface area (Å²) >= 11 is 0. The molecule has 1 aromatic rings. The number of carbonyl (C=O) groups excluding carboxylic acids is 2. The minimum atomic E-state index is -0.652. The highest BCUT2D eigenvalue weighted by Gasteiger charge is 2.26. The maximum absolute atomic E-state index is 12.2. The van der Waals surface area contributed by atoms with Crippen LogP contribution in [0.2, 0.25) is 0 Å². The molecule has 0 aromatic heterocycles. The third kappa shape index (κ3) is 3.69. The summed E-state index contributed by atoms with van der Waals surface area (Å²) in [6.45, 7) is 3.41. The molecule has 0 radical (unpaired) electrons. The van der Waals surface area contributed by atoms with Crippen LogP contribution >= 0.6 is 0 Å². The molecule has 2 amide bonds. The standard InChI is InChI=1S/C16H22N2O4/c1-11-6-8-18(9-7-11)16(20)15(19)17-13-10-12(21-2)4-5-14(13)22-3/h4-5,10-11H,6-9H2,1-3H3,(H,17,19). The van der Waals surface area contributed by atoms with Gasteiger partial charge in [-0.3, -0.25) is 9.59 Å². The summed E-state index contributed by atoms with van der Waals surface area (Å²) in [5.41, 5.74) is 0.422. The minimum Gasteiger partial charge on any atom is -0.497 e. The van der Waals surface area contributed by atoms with Crippen LogP contribution in [0.15, 0.2) is 18.2 Å². The van der Waals surface area contributed by atoms with Crippen molar-refractivity contribution in [3.05, 3.63) is 18.2 Å². The molecule has 6 heteroatoms. The van der Waals surface area contributed by atoms with E-state index in [-0.39, 0.29) is 0 Å². The highest BCUT2D eigenvalue weighted by atomic mass is 16.5.